The van der Waals surface area contributed by atoms with Crippen LogP contribution in [0.1, 0.15) is 30.7 Å². The second kappa shape index (κ2) is 7.13. The van der Waals surface area contributed by atoms with E-state index in [0.717, 1.165) is 34.6 Å². The van der Waals surface area contributed by atoms with Crippen LogP contribution in [-0.4, -0.2) is 6.54 Å². The topological polar surface area (TPSA) is 25.2 Å². The number of benzene rings is 1. The first kappa shape index (κ1) is 14.6. The molecule has 2 aromatic rings. The SMILES string of the molecule is CCCNC(Cc1cccc(Cl)c1)c1occc1Br. The van der Waals surface area contributed by atoms with E-state index in [4.69, 9.17) is 16.0 Å². The Labute approximate surface area is 127 Å². The molecule has 4 heteroatoms. The molecule has 1 heterocycles. The van der Waals surface area contributed by atoms with Crippen molar-refractivity contribution in [2.45, 2.75) is 25.8 Å². The summed E-state index contributed by atoms with van der Waals surface area (Å²) in [5.74, 6) is 0.938. The van der Waals surface area contributed by atoms with Gasteiger partial charge in [0.15, 0.2) is 0 Å². The summed E-state index contributed by atoms with van der Waals surface area (Å²) in [4.78, 5) is 0. The summed E-state index contributed by atoms with van der Waals surface area (Å²) >= 11 is 9.56. The molecule has 0 amide bonds. The molecule has 2 rings (SSSR count). The van der Waals surface area contributed by atoms with E-state index in [9.17, 15) is 0 Å². The summed E-state index contributed by atoms with van der Waals surface area (Å²) in [6.45, 7) is 3.11. The Hall–Kier alpha value is -0.770. The first-order valence-corrected chi connectivity index (χ1v) is 7.58. The van der Waals surface area contributed by atoms with E-state index in [1.54, 1.807) is 6.26 Å². The molecule has 0 spiro atoms. The number of furan rings is 1. The maximum absolute atomic E-state index is 6.04. The van der Waals surface area contributed by atoms with Gasteiger partial charge in [-0.3, -0.25) is 0 Å². The van der Waals surface area contributed by atoms with Gasteiger partial charge in [0.05, 0.1) is 16.8 Å². The van der Waals surface area contributed by atoms with Crippen LogP contribution in [0.25, 0.3) is 0 Å². The van der Waals surface area contributed by atoms with E-state index in [-0.39, 0.29) is 6.04 Å². The van der Waals surface area contributed by atoms with Crippen molar-refractivity contribution in [3.05, 3.63) is 57.4 Å². The van der Waals surface area contributed by atoms with E-state index < -0.39 is 0 Å². The van der Waals surface area contributed by atoms with Crippen molar-refractivity contribution in [3.8, 4) is 0 Å². The van der Waals surface area contributed by atoms with Crippen molar-refractivity contribution in [1.29, 1.82) is 0 Å². The third kappa shape index (κ3) is 4.10. The zero-order chi connectivity index (χ0) is 13.7. The summed E-state index contributed by atoms with van der Waals surface area (Å²) in [7, 11) is 0. The van der Waals surface area contributed by atoms with Gasteiger partial charge in [-0.15, -0.1) is 0 Å². The lowest BCUT2D eigenvalue weighted by molar-refractivity contribution is 0.408. The van der Waals surface area contributed by atoms with Gasteiger partial charge in [-0.25, -0.2) is 0 Å². The van der Waals surface area contributed by atoms with Crippen molar-refractivity contribution in [2.75, 3.05) is 6.54 Å². The summed E-state index contributed by atoms with van der Waals surface area (Å²) in [6.07, 6.45) is 3.65. The predicted molar refractivity (Wildman–Crippen MR) is 82.6 cm³/mol. The maximum atomic E-state index is 6.04. The van der Waals surface area contributed by atoms with E-state index >= 15 is 0 Å². The van der Waals surface area contributed by atoms with E-state index in [1.165, 1.54) is 5.56 Å². The zero-order valence-electron chi connectivity index (χ0n) is 10.8. The largest absolute Gasteiger partial charge is 0.466 e. The fraction of sp³-hybridized carbons (Fsp3) is 0.333. The summed E-state index contributed by atoms with van der Waals surface area (Å²) in [5, 5.41) is 4.28. The molecule has 0 aliphatic rings. The lowest BCUT2D eigenvalue weighted by atomic mass is 10.0. The molecule has 1 atom stereocenters. The minimum absolute atomic E-state index is 0.155. The van der Waals surface area contributed by atoms with E-state index in [2.05, 4.69) is 34.2 Å². The molecule has 1 aromatic carbocycles. The van der Waals surface area contributed by atoms with Crippen LogP contribution < -0.4 is 5.32 Å². The third-order valence-electron chi connectivity index (χ3n) is 2.93. The number of hydrogen-bond acceptors (Lipinski definition) is 2. The van der Waals surface area contributed by atoms with Gasteiger partial charge in [-0.1, -0.05) is 30.7 Å². The van der Waals surface area contributed by atoms with Gasteiger partial charge < -0.3 is 9.73 Å². The van der Waals surface area contributed by atoms with Gasteiger partial charge in [0.1, 0.15) is 5.76 Å². The van der Waals surface area contributed by atoms with Crippen LogP contribution in [-0.2, 0) is 6.42 Å². The van der Waals surface area contributed by atoms with Crippen molar-refractivity contribution in [2.24, 2.45) is 0 Å². The number of rotatable bonds is 6. The fourth-order valence-electron chi connectivity index (χ4n) is 2.03. The lowest BCUT2D eigenvalue weighted by Crippen LogP contribution is -2.24. The average Bonchev–Trinajstić information content (AvgIpc) is 2.81. The Balaban J connectivity index is 2.16. The van der Waals surface area contributed by atoms with Gasteiger partial charge in [-0.2, -0.15) is 0 Å². The molecular weight excluding hydrogens is 326 g/mol. The van der Waals surface area contributed by atoms with Crippen LogP contribution in [0.5, 0.6) is 0 Å². The lowest BCUT2D eigenvalue weighted by Gasteiger charge is -2.17. The molecule has 0 aliphatic heterocycles. The van der Waals surface area contributed by atoms with Crippen LogP contribution in [0, 0.1) is 0 Å². The Morgan fingerprint density at radius 2 is 2.21 bits per heavy atom. The second-order valence-corrected chi connectivity index (χ2v) is 5.76. The molecule has 0 saturated heterocycles. The average molecular weight is 343 g/mol. The molecular formula is C15H17BrClNO. The van der Waals surface area contributed by atoms with Gasteiger partial charge in [0.25, 0.3) is 0 Å². The van der Waals surface area contributed by atoms with Gasteiger partial charge >= 0.3 is 0 Å². The van der Waals surface area contributed by atoms with Crippen LogP contribution >= 0.6 is 27.5 Å². The fourth-order valence-corrected chi connectivity index (χ4v) is 2.72. The molecule has 0 aliphatic carbocycles. The molecule has 1 unspecified atom stereocenters. The van der Waals surface area contributed by atoms with Crippen molar-refractivity contribution in [3.63, 3.8) is 0 Å². The molecule has 0 fully saturated rings. The van der Waals surface area contributed by atoms with Crippen LogP contribution in [0.3, 0.4) is 0 Å². The highest BCUT2D eigenvalue weighted by atomic mass is 79.9. The summed E-state index contributed by atoms with van der Waals surface area (Å²) in [6, 6.07) is 10.0. The monoisotopic (exact) mass is 341 g/mol. The molecule has 0 bridgehead atoms. The third-order valence-corrected chi connectivity index (χ3v) is 3.82. The van der Waals surface area contributed by atoms with E-state index in [1.807, 2.05) is 24.3 Å². The standard InChI is InChI=1S/C15H17BrClNO/c1-2-7-18-14(15-13(16)6-8-19-15)10-11-4-3-5-12(17)9-11/h3-6,8-9,14,18H,2,7,10H2,1H3. The normalized spacial score (nSPS) is 12.6. The highest BCUT2D eigenvalue weighted by Crippen LogP contribution is 2.27. The Bertz CT molecular complexity index is 526. The van der Waals surface area contributed by atoms with Gasteiger partial charge in [-0.05, 0) is 59.1 Å². The molecule has 1 aromatic heterocycles. The Morgan fingerprint density at radius 1 is 1.37 bits per heavy atom. The van der Waals surface area contributed by atoms with Crippen LogP contribution in [0.2, 0.25) is 5.02 Å². The Morgan fingerprint density at radius 3 is 2.84 bits per heavy atom. The summed E-state index contributed by atoms with van der Waals surface area (Å²) in [5.41, 5.74) is 1.20. The number of nitrogens with one attached hydrogen (secondary N) is 1. The maximum Gasteiger partial charge on any atom is 0.135 e. The zero-order valence-corrected chi connectivity index (χ0v) is 13.2. The number of hydrogen-bond donors (Lipinski definition) is 1. The first-order valence-electron chi connectivity index (χ1n) is 6.41. The smallest absolute Gasteiger partial charge is 0.135 e. The van der Waals surface area contributed by atoms with Crippen LogP contribution in [0.15, 0.2) is 45.5 Å². The molecule has 102 valence electrons. The molecule has 1 N–H and O–H groups in total. The van der Waals surface area contributed by atoms with Crippen molar-refractivity contribution < 1.29 is 4.42 Å². The minimum atomic E-state index is 0.155. The van der Waals surface area contributed by atoms with E-state index in [0.29, 0.717) is 0 Å². The number of halogens is 2. The van der Waals surface area contributed by atoms with Crippen LogP contribution in [0.4, 0.5) is 0 Å². The van der Waals surface area contributed by atoms with Gasteiger partial charge in [0.2, 0.25) is 0 Å². The highest BCUT2D eigenvalue weighted by molar-refractivity contribution is 9.10. The van der Waals surface area contributed by atoms with Gasteiger partial charge in [0, 0.05) is 5.02 Å². The summed E-state index contributed by atoms with van der Waals surface area (Å²) < 4.78 is 6.59. The second-order valence-electron chi connectivity index (χ2n) is 4.47. The highest BCUT2D eigenvalue weighted by Gasteiger charge is 2.17. The Kier molecular flexibility index (Phi) is 5.49. The molecule has 19 heavy (non-hydrogen) atoms. The van der Waals surface area contributed by atoms with Crippen molar-refractivity contribution in [1.82, 2.24) is 5.32 Å². The van der Waals surface area contributed by atoms with Crippen molar-refractivity contribution >= 4 is 27.5 Å². The first-order chi connectivity index (χ1) is 9.20. The minimum Gasteiger partial charge on any atom is -0.466 e. The quantitative estimate of drug-likeness (QED) is 0.801. The molecule has 0 saturated carbocycles. The molecule has 2 nitrogen and oxygen atoms in total. The molecule has 0 radical (unpaired) electrons. The predicted octanol–water partition coefficient (Wildman–Crippen LogP) is 4.98.